The molecule has 0 bridgehead atoms. The van der Waals surface area contributed by atoms with E-state index in [1.54, 1.807) is 0 Å². The van der Waals surface area contributed by atoms with E-state index in [0.717, 1.165) is 19.6 Å². The third-order valence-corrected chi connectivity index (χ3v) is 5.09. The van der Waals surface area contributed by atoms with Crippen LogP contribution in [0.3, 0.4) is 0 Å². The quantitative estimate of drug-likeness (QED) is 0.696. The predicted octanol–water partition coefficient (Wildman–Crippen LogP) is 1.80. The largest absolute Gasteiger partial charge is 0.408 e. The second-order valence-electron chi connectivity index (χ2n) is 4.08. The Morgan fingerprint density at radius 1 is 1.25 bits per heavy atom. The third-order valence-electron chi connectivity index (χ3n) is 2.69. The van der Waals surface area contributed by atoms with E-state index in [-0.39, 0.29) is 6.04 Å². The molecule has 0 unspecified atom stereocenters. The summed E-state index contributed by atoms with van der Waals surface area (Å²) in [5, 5.41) is 0. The van der Waals surface area contributed by atoms with Crippen molar-refractivity contribution in [2.24, 2.45) is 0 Å². The van der Waals surface area contributed by atoms with Gasteiger partial charge in [-0.25, -0.2) is 9.24 Å². The van der Waals surface area contributed by atoms with Crippen LogP contribution in [0, 0.1) is 0 Å². The molecule has 0 amide bonds. The lowest BCUT2D eigenvalue weighted by atomic mass is 10.2. The fraction of sp³-hybridized carbons (Fsp3) is 1.00. The van der Waals surface area contributed by atoms with Crippen molar-refractivity contribution in [3.8, 4) is 0 Å². The van der Waals surface area contributed by atoms with Gasteiger partial charge in [0.1, 0.15) is 0 Å². The van der Waals surface area contributed by atoms with Gasteiger partial charge in [-0.05, 0) is 27.8 Å². The van der Waals surface area contributed by atoms with Gasteiger partial charge in [-0.15, -0.1) is 0 Å². The number of hydrogen-bond acceptors (Lipinski definition) is 4. The molecule has 1 atom stereocenters. The number of hydrogen-bond donors (Lipinski definition) is 0. The van der Waals surface area contributed by atoms with E-state index in [9.17, 15) is 4.57 Å². The summed E-state index contributed by atoms with van der Waals surface area (Å²) in [4.78, 5) is 2.23. The van der Waals surface area contributed by atoms with Crippen molar-refractivity contribution in [1.82, 2.24) is 9.57 Å². The van der Waals surface area contributed by atoms with Gasteiger partial charge in [-0.1, -0.05) is 0 Å². The standard InChI is InChI=1S/C10H23N2O3P/c1-5-14-16(13,15-6-2)12-8-7-11(4)9-10(12)3/h10H,5-9H2,1-4H3/t10-/m1/s1. The Bertz CT molecular complexity index is 252. The second-order valence-corrected chi connectivity index (χ2v) is 6.05. The Labute approximate surface area is 98.3 Å². The van der Waals surface area contributed by atoms with E-state index < -0.39 is 7.75 Å². The molecule has 1 aliphatic rings. The second kappa shape index (κ2) is 6.12. The van der Waals surface area contributed by atoms with E-state index in [4.69, 9.17) is 9.05 Å². The molecule has 1 aliphatic heterocycles. The third kappa shape index (κ3) is 3.28. The van der Waals surface area contributed by atoms with Crippen molar-refractivity contribution >= 4 is 7.75 Å². The van der Waals surface area contributed by atoms with Crippen LogP contribution in [0.5, 0.6) is 0 Å². The van der Waals surface area contributed by atoms with Gasteiger partial charge >= 0.3 is 7.75 Å². The van der Waals surface area contributed by atoms with Crippen molar-refractivity contribution in [1.29, 1.82) is 0 Å². The lowest BCUT2D eigenvalue weighted by Crippen LogP contribution is -2.49. The first-order chi connectivity index (χ1) is 7.53. The molecule has 5 nitrogen and oxygen atoms in total. The lowest BCUT2D eigenvalue weighted by Gasteiger charge is -2.40. The van der Waals surface area contributed by atoms with Gasteiger partial charge in [0.15, 0.2) is 0 Å². The SMILES string of the molecule is CCOP(=O)(OCC)N1CCN(C)C[C@H]1C. The van der Waals surface area contributed by atoms with E-state index in [0.29, 0.717) is 13.2 Å². The number of rotatable bonds is 5. The molecule has 96 valence electrons. The van der Waals surface area contributed by atoms with Gasteiger partial charge in [0.05, 0.1) is 13.2 Å². The maximum absolute atomic E-state index is 12.5. The molecule has 0 aromatic carbocycles. The Morgan fingerprint density at radius 3 is 2.25 bits per heavy atom. The summed E-state index contributed by atoms with van der Waals surface area (Å²) in [7, 11) is -1.00. The first-order valence-corrected chi connectivity index (χ1v) is 7.37. The number of nitrogens with zero attached hydrogens (tertiary/aromatic N) is 2. The van der Waals surface area contributed by atoms with Crippen molar-refractivity contribution in [3.05, 3.63) is 0 Å². The van der Waals surface area contributed by atoms with Gasteiger partial charge in [0.2, 0.25) is 0 Å². The summed E-state index contributed by atoms with van der Waals surface area (Å²) in [6.07, 6.45) is 0. The minimum absolute atomic E-state index is 0.197. The fourth-order valence-electron chi connectivity index (χ4n) is 2.01. The van der Waals surface area contributed by atoms with Gasteiger partial charge in [0.25, 0.3) is 0 Å². The smallest absolute Gasteiger partial charge is 0.304 e. The molecule has 6 heteroatoms. The molecule has 0 spiro atoms. The molecule has 0 saturated carbocycles. The molecule has 16 heavy (non-hydrogen) atoms. The van der Waals surface area contributed by atoms with E-state index >= 15 is 0 Å². The van der Waals surface area contributed by atoms with Crippen molar-refractivity contribution in [2.45, 2.75) is 26.8 Å². The first-order valence-electron chi connectivity index (χ1n) is 5.88. The maximum Gasteiger partial charge on any atom is 0.408 e. The van der Waals surface area contributed by atoms with E-state index in [1.807, 2.05) is 18.5 Å². The molecule has 1 saturated heterocycles. The molecule has 0 radical (unpaired) electrons. The highest BCUT2D eigenvalue weighted by Crippen LogP contribution is 2.53. The lowest BCUT2D eigenvalue weighted by molar-refractivity contribution is 0.105. The van der Waals surface area contributed by atoms with Crippen molar-refractivity contribution in [3.63, 3.8) is 0 Å². The zero-order valence-corrected chi connectivity index (χ0v) is 11.6. The van der Waals surface area contributed by atoms with Crippen LogP contribution in [0.1, 0.15) is 20.8 Å². The molecular weight excluding hydrogens is 227 g/mol. The van der Waals surface area contributed by atoms with Gasteiger partial charge in [-0.2, -0.15) is 0 Å². The van der Waals surface area contributed by atoms with Crippen molar-refractivity contribution in [2.75, 3.05) is 39.9 Å². The molecular formula is C10H23N2O3P. The highest BCUT2D eigenvalue weighted by molar-refractivity contribution is 7.51. The molecule has 0 N–H and O–H groups in total. The Kier molecular flexibility index (Phi) is 5.41. The van der Waals surface area contributed by atoms with E-state index in [2.05, 4.69) is 18.9 Å². The topological polar surface area (TPSA) is 42.0 Å². The van der Waals surface area contributed by atoms with Gasteiger partial charge < -0.3 is 4.90 Å². The van der Waals surface area contributed by atoms with Crippen LogP contribution in [-0.2, 0) is 13.6 Å². The molecule has 0 aromatic rings. The molecule has 0 aromatic heterocycles. The fourth-order valence-corrected chi connectivity index (χ4v) is 3.92. The zero-order chi connectivity index (χ0) is 12.2. The van der Waals surface area contributed by atoms with Crippen LogP contribution in [-0.4, -0.2) is 55.5 Å². The number of likely N-dealkylation sites (N-methyl/N-ethyl adjacent to an activating group) is 1. The summed E-state index contributed by atoms with van der Waals surface area (Å²) >= 11 is 0. The maximum atomic E-state index is 12.5. The Balaban J connectivity index is 2.74. The predicted molar refractivity (Wildman–Crippen MR) is 64.5 cm³/mol. The normalized spacial score (nSPS) is 24.9. The molecule has 1 rings (SSSR count). The van der Waals surface area contributed by atoms with Crippen LogP contribution in [0.4, 0.5) is 0 Å². The van der Waals surface area contributed by atoms with E-state index in [1.165, 1.54) is 0 Å². The van der Waals surface area contributed by atoms with Crippen LogP contribution in [0.2, 0.25) is 0 Å². The average Bonchev–Trinajstić information content (AvgIpc) is 2.17. The van der Waals surface area contributed by atoms with Gasteiger partial charge in [-0.3, -0.25) is 9.05 Å². The zero-order valence-electron chi connectivity index (χ0n) is 10.7. The van der Waals surface area contributed by atoms with Crippen LogP contribution < -0.4 is 0 Å². The first kappa shape index (κ1) is 14.1. The Hall–Kier alpha value is 0.0700. The monoisotopic (exact) mass is 250 g/mol. The summed E-state index contributed by atoms with van der Waals surface area (Å²) in [5.41, 5.74) is 0. The van der Waals surface area contributed by atoms with Gasteiger partial charge in [0, 0.05) is 25.7 Å². The highest BCUT2D eigenvalue weighted by Gasteiger charge is 2.38. The van der Waals surface area contributed by atoms with Crippen LogP contribution >= 0.6 is 7.75 Å². The molecule has 1 heterocycles. The van der Waals surface area contributed by atoms with Crippen molar-refractivity contribution < 1.29 is 13.6 Å². The van der Waals surface area contributed by atoms with Crippen LogP contribution in [0.15, 0.2) is 0 Å². The average molecular weight is 250 g/mol. The molecule has 0 aliphatic carbocycles. The Morgan fingerprint density at radius 2 is 1.81 bits per heavy atom. The number of piperazine rings is 1. The summed E-state index contributed by atoms with van der Waals surface area (Å²) in [6.45, 7) is 9.08. The summed E-state index contributed by atoms with van der Waals surface area (Å²) in [5.74, 6) is 0. The summed E-state index contributed by atoms with van der Waals surface area (Å²) < 4.78 is 25.1. The summed E-state index contributed by atoms with van der Waals surface area (Å²) in [6, 6.07) is 0.197. The minimum Gasteiger partial charge on any atom is -0.304 e. The van der Waals surface area contributed by atoms with Crippen LogP contribution in [0.25, 0.3) is 0 Å². The minimum atomic E-state index is -3.07. The highest BCUT2D eigenvalue weighted by atomic mass is 31.2. The molecule has 1 fully saturated rings.